The highest BCUT2D eigenvalue weighted by Gasteiger charge is 2.34. The zero-order chi connectivity index (χ0) is 23.0. The molecule has 1 saturated heterocycles. The van der Waals surface area contributed by atoms with E-state index >= 15 is 0 Å². The molecule has 0 aliphatic carbocycles. The molecule has 158 valence electrons. The number of hydrogen-bond acceptors (Lipinski definition) is 4. The molecule has 0 bridgehead atoms. The van der Waals surface area contributed by atoms with Gasteiger partial charge in [-0.25, -0.2) is 4.39 Å². The van der Waals surface area contributed by atoms with Gasteiger partial charge in [0.05, 0.1) is 17.3 Å². The monoisotopic (exact) mass is 444 g/mol. The van der Waals surface area contributed by atoms with E-state index in [2.05, 4.69) is 11.4 Å². The Morgan fingerprint density at radius 1 is 1.06 bits per heavy atom. The number of aromatic nitrogens is 1. The van der Waals surface area contributed by atoms with Crippen LogP contribution in [0.5, 0.6) is 0 Å². The fourth-order valence-corrected chi connectivity index (χ4v) is 3.96. The molecule has 8 heteroatoms. The molecule has 0 unspecified atom stereocenters. The maximum Gasteiger partial charge on any atom is 0.270 e. The highest BCUT2D eigenvalue weighted by Crippen LogP contribution is 2.26. The van der Waals surface area contributed by atoms with Gasteiger partial charge in [0.1, 0.15) is 11.4 Å². The van der Waals surface area contributed by atoms with Crippen molar-refractivity contribution < 1.29 is 14.0 Å². The second-order valence-electron chi connectivity index (χ2n) is 7.26. The van der Waals surface area contributed by atoms with E-state index in [1.165, 1.54) is 24.3 Å². The lowest BCUT2D eigenvalue weighted by atomic mass is 10.1. The van der Waals surface area contributed by atoms with E-state index in [0.717, 1.165) is 22.0 Å². The summed E-state index contributed by atoms with van der Waals surface area (Å²) >= 11 is 5.16. The number of carbonyl (C=O) groups is 2. The van der Waals surface area contributed by atoms with Gasteiger partial charge >= 0.3 is 0 Å². The number of nitrogens with one attached hydrogen (secondary N) is 1. The van der Waals surface area contributed by atoms with Gasteiger partial charge in [-0.05, 0) is 86.2 Å². The smallest absolute Gasteiger partial charge is 0.270 e. The van der Waals surface area contributed by atoms with Gasteiger partial charge in [-0.1, -0.05) is 6.07 Å². The van der Waals surface area contributed by atoms with Crippen molar-refractivity contribution in [2.45, 2.75) is 13.8 Å². The van der Waals surface area contributed by atoms with Crippen LogP contribution in [0.2, 0.25) is 0 Å². The Morgan fingerprint density at radius 3 is 2.44 bits per heavy atom. The molecule has 4 rings (SSSR count). The fraction of sp³-hybridized carbons (Fsp3) is 0.0833. The van der Waals surface area contributed by atoms with Crippen LogP contribution < -0.4 is 10.2 Å². The number of nitrogens with zero attached hydrogens (tertiary/aromatic N) is 3. The molecule has 2 heterocycles. The summed E-state index contributed by atoms with van der Waals surface area (Å²) in [5.74, 6) is -1.77. The number of thiocarbonyl (C=S) groups is 1. The van der Waals surface area contributed by atoms with Gasteiger partial charge in [0.15, 0.2) is 5.11 Å². The van der Waals surface area contributed by atoms with Gasteiger partial charge in [-0.15, -0.1) is 0 Å². The van der Waals surface area contributed by atoms with E-state index < -0.39 is 17.6 Å². The first-order valence-electron chi connectivity index (χ1n) is 9.66. The van der Waals surface area contributed by atoms with Gasteiger partial charge in [0.2, 0.25) is 0 Å². The molecule has 0 spiro atoms. The Morgan fingerprint density at radius 2 is 1.78 bits per heavy atom. The van der Waals surface area contributed by atoms with E-state index in [1.807, 2.05) is 36.6 Å². The van der Waals surface area contributed by atoms with Crippen LogP contribution in [0.4, 0.5) is 10.1 Å². The second kappa shape index (κ2) is 8.21. The van der Waals surface area contributed by atoms with Crippen molar-refractivity contribution in [2.75, 3.05) is 4.90 Å². The molecule has 3 aromatic rings. The van der Waals surface area contributed by atoms with Crippen LogP contribution in [-0.4, -0.2) is 21.5 Å². The number of benzene rings is 2. The van der Waals surface area contributed by atoms with E-state index in [4.69, 9.17) is 17.5 Å². The Kier molecular flexibility index (Phi) is 5.43. The molecule has 0 radical (unpaired) electrons. The number of aryl methyl sites for hydroxylation is 1. The molecule has 2 aromatic carbocycles. The standard InChI is InChI=1S/C24H17FN4O2S/c1-14-10-17(15(2)28(14)19-8-6-16(13-26)7-9-19)11-21-22(30)27-24(32)29(23(21)31)20-5-3-4-18(25)12-20/h3-12H,1-2H3,(H,27,30,32)/b21-11+. The van der Waals surface area contributed by atoms with Crippen molar-refractivity contribution in [3.63, 3.8) is 0 Å². The molecule has 1 fully saturated rings. The number of carbonyl (C=O) groups excluding carboxylic acids is 2. The van der Waals surface area contributed by atoms with E-state index in [-0.39, 0.29) is 16.4 Å². The van der Waals surface area contributed by atoms with Crippen molar-refractivity contribution in [3.05, 3.63) is 88.5 Å². The van der Waals surface area contributed by atoms with Crippen LogP contribution in [0.1, 0.15) is 22.5 Å². The summed E-state index contributed by atoms with van der Waals surface area (Å²) in [5, 5.41) is 11.4. The summed E-state index contributed by atoms with van der Waals surface area (Å²) in [6.07, 6.45) is 1.51. The van der Waals surface area contributed by atoms with Gasteiger partial charge in [0, 0.05) is 17.1 Å². The minimum absolute atomic E-state index is 0.106. The molecule has 32 heavy (non-hydrogen) atoms. The quantitative estimate of drug-likeness (QED) is 0.377. The summed E-state index contributed by atoms with van der Waals surface area (Å²) < 4.78 is 15.7. The summed E-state index contributed by atoms with van der Waals surface area (Å²) in [6.45, 7) is 3.78. The topological polar surface area (TPSA) is 78.1 Å². The third kappa shape index (κ3) is 3.70. The number of hydrogen-bond donors (Lipinski definition) is 1. The Hall–Kier alpha value is -4.09. The van der Waals surface area contributed by atoms with Crippen molar-refractivity contribution in [3.8, 4) is 11.8 Å². The Bertz CT molecular complexity index is 1350. The van der Waals surface area contributed by atoms with E-state index in [0.29, 0.717) is 11.1 Å². The van der Waals surface area contributed by atoms with Gasteiger partial charge in [0.25, 0.3) is 11.8 Å². The highest BCUT2D eigenvalue weighted by molar-refractivity contribution is 7.80. The maximum atomic E-state index is 13.7. The minimum Gasteiger partial charge on any atom is -0.318 e. The van der Waals surface area contributed by atoms with Gasteiger partial charge in [-0.3, -0.25) is 19.8 Å². The van der Waals surface area contributed by atoms with Crippen molar-refractivity contribution in [1.82, 2.24) is 9.88 Å². The summed E-state index contributed by atoms with van der Waals surface area (Å²) in [4.78, 5) is 26.8. The lowest BCUT2D eigenvalue weighted by Crippen LogP contribution is -2.54. The summed E-state index contributed by atoms with van der Waals surface area (Å²) in [5.41, 5.74) is 3.90. The zero-order valence-electron chi connectivity index (χ0n) is 17.2. The largest absolute Gasteiger partial charge is 0.318 e. The molecular weight excluding hydrogens is 427 g/mol. The number of rotatable bonds is 3. The normalized spacial score (nSPS) is 15.1. The molecule has 1 aliphatic rings. The van der Waals surface area contributed by atoms with Crippen LogP contribution in [0.25, 0.3) is 11.8 Å². The molecule has 2 amide bonds. The van der Waals surface area contributed by atoms with Crippen LogP contribution >= 0.6 is 12.2 Å². The lowest BCUT2D eigenvalue weighted by molar-refractivity contribution is -0.122. The number of anilines is 1. The van der Waals surface area contributed by atoms with Crippen LogP contribution in [-0.2, 0) is 9.59 Å². The minimum atomic E-state index is -0.632. The first-order chi connectivity index (χ1) is 15.3. The third-order valence-corrected chi connectivity index (χ3v) is 5.48. The Labute approximate surface area is 189 Å². The van der Waals surface area contributed by atoms with Crippen molar-refractivity contribution in [1.29, 1.82) is 5.26 Å². The molecule has 1 aromatic heterocycles. The van der Waals surface area contributed by atoms with Crippen molar-refractivity contribution in [2.24, 2.45) is 0 Å². The molecule has 0 saturated carbocycles. The Balaban J connectivity index is 1.75. The summed E-state index contributed by atoms with van der Waals surface area (Å²) in [7, 11) is 0. The lowest BCUT2D eigenvalue weighted by Gasteiger charge is -2.28. The predicted molar refractivity (Wildman–Crippen MR) is 123 cm³/mol. The molecule has 1 aliphatic heterocycles. The SMILES string of the molecule is Cc1cc(/C=C2\C(=O)NC(=S)N(c3cccc(F)c3)C2=O)c(C)n1-c1ccc(C#N)cc1. The number of amides is 2. The average Bonchev–Trinajstić information content (AvgIpc) is 3.04. The number of nitriles is 1. The molecule has 6 nitrogen and oxygen atoms in total. The molecule has 0 atom stereocenters. The zero-order valence-corrected chi connectivity index (χ0v) is 18.0. The maximum absolute atomic E-state index is 13.7. The van der Waals surface area contributed by atoms with Gasteiger partial charge in [-0.2, -0.15) is 5.26 Å². The number of halogens is 1. The van der Waals surface area contributed by atoms with E-state index in [1.54, 1.807) is 18.2 Å². The van der Waals surface area contributed by atoms with Gasteiger partial charge < -0.3 is 4.57 Å². The third-order valence-electron chi connectivity index (χ3n) is 5.19. The summed E-state index contributed by atoms with van der Waals surface area (Å²) in [6, 6.07) is 16.5. The van der Waals surface area contributed by atoms with Crippen LogP contribution in [0, 0.1) is 31.0 Å². The van der Waals surface area contributed by atoms with E-state index in [9.17, 15) is 14.0 Å². The molecular formula is C24H17FN4O2S. The average molecular weight is 444 g/mol. The van der Waals surface area contributed by atoms with Crippen molar-refractivity contribution >= 4 is 40.9 Å². The second-order valence-corrected chi connectivity index (χ2v) is 7.64. The first kappa shape index (κ1) is 21.2. The predicted octanol–water partition coefficient (Wildman–Crippen LogP) is 3.94. The first-order valence-corrected chi connectivity index (χ1v) is 10.1. The van der Waals surface area contributed by atoms with Crippen LogP contribution in [0.15, 0.2) is 60.2 Å². The highest BCUT2D eigenvalue weighted by atomic mass is 32.1. The molecule has 1 N–H and O–H groups in total. The fourth-order valence-electron chi connectivity index (χ4n) is 3.68. The van der Waals surface area contributed by atoms with Crippen LogP contribution in [0.3, 0.4) is 0 Å².